The molecule has 0 saturated carbocycles. The van der Waals surface area contributed by atoms with Gasteiger partial charge < -0.3 is 20.4 Å². The number of benzene rings is 1. The van der Waals surface area contributed by atoms with Crippen molar-refractivity contribution in [2.45, 2.75) is 49.6 Å². The van der Waals surface area contributed by atoms with Crippen LogP contribution < -0.4 is 20.4 Å². The van der Waals surface area contributed by atoms with E-state index in [0.717, 1.165) is 58.7 Å². The number of aromatic nitrogens is 4. The molecule has 9 heteroatoms. The molecule has 4 rings (SSSR count). The van der Waals surface area contributed by atoms with Crippen LogP contribution in [0.1, 0.15) is 54.9 Å². The van der Waals surface area contributed by atoms with E-state index < -0.39 is 0 Å². The number of rotatable bonds is 9. The summed E-state index contributed by atoms with van der Waals surface area (Å²) in [7, 11) is 7.90. The maximum absolute atomic E-state index is 4.98. The molecule has 3 heterocycles. The molecule has 8 nitrogen and oxygen atoms in total. The Morgan fingerprint density at radius 2 is 1.20 bits per heavy atom. The lowest BCUT2D eigenvalue weighted by atomic mass is 9.85. The molecule has 0 saturated heterocycles. The standard InChI is InChI=1S/C26H36N8S/c1-8-14-27-21-19-18(17-12-10-16(3)11-13-17)20-22(28-15-9-2)30-26(34(6)7)32-24(20)35-23(19)31-25(29-21)33(4)5/h10-13,18H,8-9,14-15H2,1-7H3,(H,27,29,31)(H,28,30,32). The summed E-state index contributed by atoms with van der Waals surface area (Å²) in [5.41, 5.74) is 4.59. The normalized spacial score (nSPS) is 12.7. The van der Waals surface area contributed by atoms with Gasteiger partial charge in [0, 0.05) is 58.3 Å². The molecule has 1 aliphatic rings. The highest BCUT2D eigenvalue weighted by molar-refractivity contribution is 7.99. The van der Waals surface area contributed by atoms with Gasteiger partial charge in [-0.25, -0.2) is 9.97 Å². The van der Waals surface area contributed by atoms with E-state index in [4.69, 9.17) is 19.9 Å². The Bertz CT molecular complexity index is 1110. The summed E-state index contributed by atoms with van der Waals surface area (Å²) in [5.74, 6) is 3.04. The van der Waals surface area contributed by atoms with Crippen molar-refractivity contribution in [2.24, 2.45) is 0 Å². The predicted octanol–water partition coefficient (Wildman–Crippen LogP) is 5.00. The number of fused-ring (bicyclic) bond motifs is 2. The van der Waals surface area contributed by atoms with Crippen LogP contribution in [0.3, 0.4) is 0 Å². The fraction of sp³-hybridized carbons (Fsp3) is 0.462. The smallest absolute Gasteiger partial charge is 0.227 e. The van der Waals surface area contributed by atoms with Crippen LogP contribution in [0.4, 0.5) is 23.5 Å². The quantitative estimate of drug-likeness (QED) is 0.314. The fourth-order valence-electron chi connectivity index (χ4n) is 4.04. The summed E-state index contributed by atoms with van der Waals surface area (Å²) in [5, 5.41) is 9.05. The maximum Gasteiger partial charge on any atom is 0.227 e. The minimum Gasteiger partial charge on any atom is -0.370 e. The average Bonchev–Trinajstić information content (AvgIpc) is 2.84. The molecule has 0 spiro atoms. The lowest BCUT2D eigenvalue weighted by Gasteiger charge is -2.31. The van der Waals surface area contributed by atoms with E-state index in [-0.39, 0.29) is 5.92 Å². The third-order valence-corrected chi connectivity index (χ3v) is 6.87. The Balaban J connectivity index is 2.02. The van der Waals surface area contributed by atoms with Crippen LogP contribution in [-0.4, -0.2) is 61.2 Å². The first-order valence-electron chi connectivity index (χ1n) is 12.2. The third-order valence-electron chi connectivity index (χ3n) is 5.86. The van der Waals surface area contributed by atoms with Crippen molar-refractivity contribution in [3.05, 3.63) is 46.5 Å². The summed E-state index contributed by atoms with van der Waals surface area (Å²) in [6, 6.07) is 8.74. The van der Waals surface area contributed by atoms with Crippen LogP contribution in [0.25, 0.3) is 0 Å². The van der Waals surface area contributed by atoms with E-state index in [2.05, 4.69) is 55.7 Å². The van der Waals surface area contributed by atoms with Crippen molar-refractivity contribution in [2.75, 3.05) is 61.7 Å². The molecule has 2 N–H and O–H groups in total. The highest BCUT2D eigenvalue weighted by atomic mass is 32.2. The number of nitrogens with zero attached hydrogens (tertiary/aromatic N) is 6. The van der Waals surface area contributed by atoms with Gasteiger partial charge in [0.15, 0.2) is 0 Å². The van der Waals surface area contributed by atoms with Gasteiger partial charge in [-0.1, -0.05) is 43.7 Å². The molecule has 0 atom stereocenters. The van der Waals surface area contributed by atoms with Crippen molar-refractivity contribution in [1.82, 2.24) is 19.9 Å². The second-order valence-corrected chi connectivity index (χ2v) is 10.2. The highest BCUT2D eigenvalue weighted by Crippen LogP contribution is 2.52. The van der Waals surface area contributed by atoms with E-state index >= 15 is 0 Å². The van der Waals surface area contributed by atoms with Gasteiger partial charge in [0.25, 0.3) is 0 Å². The second-order valence-electron chi connectivity index (χ2n) is 9.27. The number of anilines is 4. The number of hydrogen-bond donors (Lipinski definition) is 2. The average molecular weight is 493 g/mol. The summed E-state index contributed by atoms with van der Waals surface area (Å²) in [6.45, 7) is 8.12. The van der Waals surface area contributed by atoms with Crippen LogP contribution in [0.5, 0.6) is 0 Å². The SMILES string of the molecule is CCCNc1nc(N(C)C)nc2c1C(c1ccc(C)cc1)c1c(NCCC)nc(N(C)C)nc1S2. The lowest BCUT2D eigenvalue weighted by molar-refractivity contribution is 0.791. The van der Waals surface area contributed by atoms with Gasteiger partial charge in [0.05, 0.1) is 0 Å². The molecule has 0 unspecified atom stereocenters. The first kappa shape index (κ1) is 25.0. The van der Waals surface area contributed by atoms with E-state index in [1.807, 2.05) is 38.0 Å². The van der Waals surface area contributed by atoms with Gasteiger partial charge in [-0.2, -0.15) is 9.97 Å². The van der Waals surface area contributed by atoms with E-state index in [1.54, 1.807) is 11.8 Å². The zero-order valence-corrected chi connectivity index (χ0v) is 22.6. The molecular formula is C26H36N8S. The number of hydrogen-bond acceptors (Lipinski definition) is 9. The molecule has 0 amide bonds. The molecule has 0 bridgehead atoms. The van der Waals surface area contributed by atoms with Crippen LogP contribution in [0.15, 0.2) is 34.3 Å². The Hall–Kier alpha value is -3.07. The molecule has 3 aromatic rings. The molecule has 1 aliphatic heterocycles. The van der Waals surface area contributed by atoms with Crippen molar-refractivity contribution in [3.63, 3.8) is 0 Å². The molecule has 35 heavy (non-hydrogen) atoms. The van der Waals surface area contributed by atoms with Crippen molar-refractivity contribution in [1.29, 1.82) is 0 Å². The highest BCUT2D eigenvalue weighted by Gasteiger charge is 2.37. The van der Waals surface area contributed by atoms with Crippen molar-refractivity contribution < 1.29 is 0 Å². The van der Waals surface area contributed by atoms with Crippen LogP contribution >= 0.6 is 11.8 Å². The molecule has 186 valence electrons. The summed E-state index contributed by atoms with van der Waals surface area (Å²) >= 11 is 1.61. The van der Waals surface area contributed by atoms with E-state index in [1.165, 1.54) is 11.1 Å². The second kappa shape index (κ2) is 10.7. The first-order valence-corrected chi connectivity index (χ1v) is 13.1. The predicted molar refractivity (Wildman–Crippen MR) is 147 cm³/mol. The molecule has 2 aromatic heterocycles. The van der Waals surface area contributed by atoms with Crippen LogP contribution in [-0.2, 0) is 0 Å². The van der Waals surface area contributed by atoms with Gasteiger partial charge in [0.1, 0.15) is 21.7 Å². The zero-order chi connectivity index (χ0) is 25.1. The molecule has 1 aromatic carbocycles. The zero-order valence-electron chi connectivity index (χ0n) is 21.8. The van der Waals surface area contributed by atoms with Gasteiger partial charge in [0.2, 0.25) is 11.9 Å². The minimum atomic E-state index is -0.0898. The van der Waals surface area contributed by atoms with E-state index in [0.29, 0.717) is 11.9 Å². The van der Waals surface area contributed by atoms with Gasteiger partial charge >= 0.3 is 0 Å². The van der Waals surface area contributed by atoms with Crippen LogP contribution in [0, 0.1) is 6.92 Å². The summed E-state index contributed by atoms with van der Waals surface area (Å²) in [4.78, 5) is 23.8. The number of nitrogens with one attached hydrogen (secondary N) is 2. The third kappa shape index (κ3) is 5.15. The topological polar surface area (TPSA) is 82.1 Å². The van der Waals surface area contributed by atoms with Crippen molar-refractivity contribution >= 4 is 35.3 Å². The largest absolute Gasteiger partial charge is 0.370 e. The Morgan fingerprint density at radius 3 is 1.60 bits per heavy atom. The first-order chi connectivity index (χ1) is 16.8. The molecule has 0 fully saturated rings. The fourth-order valence-corrected chi connectivity index (χ4v) is 5.12. The minimum absolute atomic E-state index is 0.0898. The molecule has 0 aliphatic carbocycles. The number of aryl methyl sites for hydroxylation is 1. The van der Waals surface area contributed by atoms with Gasteiger partial charge in [-0.15, -0.1) is 0 Å². The van der Waals surface area contributed by atoms with E-state index in [9.17, 15) is 0 Å². The van der Waals surface area contributed by atoms with Crippen LogP contribution in [0.2, 0.25) is 0 Å². The summed E-state index contributed by atoms with van der Waals surface area (Å²) in [6.07, 6.45) is 2.02. The lowest BCUT2D eigenvalue weighted by Crippen LogP contribution is -2.23. The van der Waals surface area contributed by atoms with Crippen molar-refractivity contribution in [3.8, 4) is 0 Å². The molecule has 0 radical (unpaired) electrons. The van der Waals surface area contributed by atoms with Gasteiger partial charge in [-0.3, -0.25) is 0 Å². The summed E-state index contributed by atoms with van der Waals surface area (Å²) < 4.78 is 0. The van der Waals surface area contributed by atoms with Gasteiger partial charge in [-0.05, 0) is 37.1 Å². The Labute approximate surface area is 213 Å². The monoisotopic (exact) mass is 492 g/mol. The Kier molecular flexibility index (Phi) is 7.64. The Morgan fingerprint density at radius 1 is 0.743 bits per heavy atom. The maximum atomic E-state index is 4.98. The molecular weight excluding hydrogens is 456 g/mol.